The summed E-state index contributed by atoms with van der Waals surface area (Å²) in [6.45, 7) is 4.62. The van der Waals surface area contributed by atoms with Crippen molar-refractivity contribution in [2.24, 2.45) is 0 Å². The van der Waals surface area contributed by atoms with E-state index in [4.69, 9.17) is 9.47 Å². The highest BCUT2D eigenvalue weighted by molar-refractivity contribution is 7.99. The number of hydrogen-bond donors (Lipinski definition) is 1. The van der Waals surface area contributed by atoms with Crippen molar-refractivity contribution in [3.63, 3.8) is 0 Å². The monoisotopic (exact) mass is 439 g/mol. The van der Waals surface area contributed by atoms with Gasteiger partial charge in [0.25, 0.3) is 0 Å². The lowest BCUT2D eigenvalue weighted by atomic mass is 9.83. The Morgan fingerprint density at radius 2 is 2.10 bits per heavy atom. The highest BCUT2D eigenvalue weighted by atomic mass is 32.2. The number of nitrogens with one attached hydrogen (secondary N) is 1. The fourth-order valence-corrected chi connectivity index (χ4v) is 4.70. The van der Waals surface area contributed by atoms with Gasteiger partial charge in [-0.15, -0.1) is 16.8 Å². The molecule has 0 saturated heterocycles. The predicted molar refractivity (Wildman–Crippen MR) is 116 cm³/mol. The lowest BCUT2D eigenvalue weighted by molar-refractivity contribution is -0.120. The van der Waals surface area contributed by atoms with Gasteiger partial charge in [-0.1, -0.05) is 49.2 Å². The molecule has 2 aromatic rings. The Balaban J connectivity index is 1.43. The molecule has 4 rings (SSSR count). The smallest absolute Gasteiger partial charge is 0.231 e. The highest BCUT2D eigenvalue weighted by Gasteiger charge is 2.34. The van der Waals surface area contributed by atoms with E-state index in [1.807, 2.05) is 28.8 Å². The summed E-state index contributed by atoms with van der Waals surface area (Å²) in [5.74, 6) is 1.97. The standard InChI is InChI=1S/C22H25N5O3S/c1-2-12-27-20(18-13-29-16-8-4-5-9-17(16)30-18)25-26-21(27)31-14-19(28)24-22(15-23)10-6-3-7-11-22/h2,4-5,8-9,18H,1,3,6-7,10-14H2,(H,24,28)/t18-/m0/s1. The second-order valence-electron chi connectivity index (χ2n) is 7.70. The van der Waals surface area contributed by atoms with Crippen LogP contribution in [0.25, 0.3) is 0 Å². The zero-order valence-electron chi connectivity index (χ0n) is 17.2. The molecule has 1 atom stereocenters. The molecule has 0 bridgehead atoms. The Hall–Kier alpha value is -2.99. The first-order valence-electron chi connectivity index (χ1n) is 10.4. The first-order valence-corrected chi connectivity index (χ1v) is 11.4. The zero-order valence-corrected chi connectivity index (χ0v) is 18.1. The lowest BCUT2D eigenvalue weighted by Gasteiger charge is -2.31. The molecule has 1 N–H and O–H groups in total. The molecule has 0 spiro atoms. The van der Waals surface area contributed by atoms with Gasteiger partial charge in [-0.2, -0.15) is 5.26 Å². The Morgan fingerprint density at radius 1 is 1.32 bits per heavy atom. The van der Waals surface area contributed by atoms with Crippen molar-refractivity contribution in [2.75, 3.05) is 12.4 Å². The summed E-state index contributed by atoms with van der Waals surface area (Å²) in [5.41, 5.74) is -0.740. The van der Waals surface area contributed by atoms with Crippen LogP contribution in [0.4, 0.5) is 0 Å². The van der Waals surface area contributed by atoms with E-state index in [1.165, 1.54) is 11.8 Å². The van der Waals surface area contributed by atoms with Crippen molar-refractivity contribution in [1.29, 1.82) is 5.26 Å². The third-order valence-electron chi connectivity index (χ3n) is 5.49. The van der Waals surface area contributed by atoms with Crippen LogP contribution >= 0.6 is 11.8 Å². The van der Waals surface area contributed by atoms with Crippen LogP contribution in [0.5, 0.6) is 11.5 Å². The molecule has 1 aromatic carbocycles. The number of benzene rings is 1. The van der Waals surface area contributed by atoms with Gasteiger partial charge in [-0.3, -0.25) is 9.36 Å². The molecule has 1 saturated carbocycles. The van der Waals surface area contributed by atoms with Gasteiger partial charge >= 0.3 is 0 Å². The largest absolute Gasteiger partial charge is 0.485 e. The van der Waals surface area contributed by atoms with Crippen LogP contribution < -0.4 is 14.8 Å². The molecule has 162 valence electrons. The molecular formula is C22H25N5O3S. The van der Waals surface area contributed by atoms with Crippen LogP contribution in [0.3, 0.4) is 0 Å². The lowest BCUT2D eigenvalue weighted by Crippen LogP contribution is -2.49. The molecular weight excluding hydrogens is 414 g/mol. The van der Waals surface area contributed by atoms with Gasteiger partial charge in [0.05, 0.1) is 11.8 Å². The van der Waals surface area contributed by atoms with E-state index in [1.54, 1.807) is 6.08 Å². The van der Waals surface area contributed by atoms with Crippen molar-refractivity contribution < 1.29 is 14.3 Å². The summed E-state index contributed by atoms with van der Waals surface area (Å²) in [6, 6.07) is 9.81. The average Bonchev–Trinajstić information content (AvgIpc) is 3.21. The number of hydrogen-bond acceptors (Lipinski definition) is 7. The molecule has 8 nitrogen and oxygen atoms in total. The SMILES string of the molecule is C=CCn1c(SCC(=O)NC2(C#N)CCCCC2)nnc1[C@@H]1COc2ccccc2O1. The van der Waals surface area contributed by atoms with Crippen molar-refractivity contribution in [3.05, 3.63) is 42.7 Å². The van der Waals surface area contributed by atoms with E-state index < -0.39 is 11.6 Å². The van der Waals surface area contributed by atoms with E-state index in [-0.39, 0.29) is 11.7 Å². The number of fused-ring (bicyclic) bond motifs is 1. The van der Waals surface area contributed by atoms with Crippen LogP contribution in [-0.2, 0) is 11.3 Å². The van der Waals surface area contributed by atoms with E-state index in [9.17, 15) is 10.1 Å². The van der Waals surface area contributed by atoms with Crippen LogP contribution in [0.2, 0.25) is 0 Å². The first kappa shape index (κ1) is 21.2. The Labute approximate surface area is 185 Å². The van der Waals surface area contributed by atoms with Gasteiger partial charge in [0.15, 0.2) is 28.6 Å². The number of para-hydroxylation sites is 2. The summed E-state index contributed by atoms with van der Waals surface area (Å²) in [6.07, 6.45) is 5.79. The number of allylic oxidation sites excluding steroid dienone is 1. The maximum atomic E-state index is 12.6. The average molecular weight is 440 g/mol. The zero-order chi connectivity index (χ0) is 21.7. The predicted octanol–water partition coefficient (Wildman–Crippen LogP) is 3.41. The van der Waals surface area contributed by atoms with Gasteiger partial charge in [0.2, 0.25) is 5.91 Å². The number of carbonyl (C=O) groups excluding carboxylic acids is 1. The van der Waals surface area contributed by atoms with Crippen LogP contribution in [0.15, 0.2) is 42.1 Å². The fraction of sp³-hybridized carbons (Fsp3) is 0.455. The van der Waals surface area contributed by atoms with Crippen molar-refractivity contribution in [1.82, 2.24) is 20.1 Å². The van der Waals surface area contributed by atoms with Crippen LogP contribution in [0.1, 0.15) is 44.0 Å². The topological polar surface area (TPSA) is 102 Å². The number of nitriles is 1. The molecule has 1 aliphatic heterocycles. The molecule has 0 radical (unpaired) electrons. The van der Waals surface area contributed by atoms with Gasteiger partial charge < -0.3 is 14.8 Å². The van der Waals surface area contributed by atoms with E-state index >= 15 is 0 Å². The summed E-state index contributed by atoms with van der Waals surface area (Å²) < 4.78 is 13.8. The minimum Gasteiger partial charge on any atom is -0.485 e. The summed E-state index contributed by atoms with van der Waals surface area (Å²) in [7, 11) is 0. The summed E-state index contributed by atoms with van der Waals surface area (Å²) in [5, 5.41) is 21.7. The number of rotatable bonds is 7. The quantitative estimate of drug-likeness (QED) is 0.521. The maximum absolute atomic E-state index is 12.6. The van der Waals surface area contributed by atoms with Gasteiger partial charge in [-0.05, 0) is 25.0 Å². The molecule has 9 heteroatoms. The minimum absolute atomic E-state index is 0.156. The summed E-state index contributed by atoms with van der Waals surface area (Å²) >= 11 is 1.29. The normalized spacial score (nSPS) is 19.3. The number of carbonyl (C=O) groups is 1. The third-order valence-corrected chi connectivity index (χ3v) is 6.45. The van der Waals surface area contributed by atoms with Gasteiger partial charge in [-0.25, -0.2) is 0 Å². The molecule has 0 unspecified atom stereocenters. The number of aromatic nitrogens is 3. The first-order chi connectivity index (χ1) is 15.1. The van der Waals surface area contributed by atoms with Crippen LogP contribution in [0, 0.1) is 11.3 Å². The van der Waals surface area contributed by atoms with Crippen molar-refractivity contribution in [3.8, 4) is 17.6 Å². The number of nitrogens with zero attached hydrogens (tertiary/aromatic N) is 4. The second-order valence-corrected chi connectivity index (χ2v) is 8.64. The number of ether oxygens (including phenoxy) is 2. The Morgan fingerprint density at radius 3 is 2.84 bits per heavy atom. The van der Waals surface area contributed by atoms with Crippen LogP contribution in [-0.4, -0.2) is 38.6 Å². The molecule has 1 aliphatic carbocycles. The second kappa shape index (κ2) is 9.43. The molecule has 2 aliphatic rings. The molecule has 1 aromatic heterocycles. The number of amides is 1. The molecule has 1 amide bonds. The summed E-state index contributed by atoms with van der Waals surface area (Å²) in [4.78, 5) is 12.6. The molecule has 31 heavy (non-hydrogen) atoms. The van der Waals surface area contributed by atoms with E-state index in [2.05, 4.69) is 28.2 Å². The fourth-order valence-electron chi connectivity index (χ4n) is 3.95. The van der Waals surface area contributed by atoms with E-state index in [0.29, 0.717) is 48.5 Å². The van der Waals surface area contributed by atoms with Crippen molar-refractivity contribution in [2.45, 2.75) is 55.4 Å². The Bertz CT molecular complexity index is 993. The third kappa shape index (κ3) is 4.69. The van der Waals surface area contributed by atoms with Gasteiger partial charge in [0.1, 0.15) is 12.1 Å². The highest BCUT2D eigenvalue weighted by Crippen LogP contribution is 2.36. The maximum Gasteiger partial charge on any atom is 0.231 e. The van der Waals surface area contributed by atoms with Gasteiger partial charge in [0, 0.05) is 6.54 Å². The molecule has 2 heterocycles. The van der Waals surface area contributed by atoms with E-state index in [0.717, 1.165) is 19.3 Å². The number of thioether (sulfide) groups is 1. The Kier molecular flexibility index (Phi) is 6.47. The molecule has 1 fully saturated rings. The minimum atomic E-state index is -0.740. The van der Waals surface area contributed by atoms with Crippen molar-refractivity contribution >= 4 is 17.7 Å².